The van der Waals surface area contributed by atoms with Gasteiger partial charge in [0.2, 0.25) is 0 Å². The molecule has 1 amide bonds. The molecule has 0 atom stereocenters. The van der Waals surface area contributed by atoms with E-state index in [2.05, 4.69) is 12.2 Å². The van der Waals surface area contributed by atoms with Crippen molar-refractivity contribution in [3.05, 3.63) is 40.0 Å². The number of amides is 1. The molecule has 116 valence electrons. The van der Waals surface area contributed by atoms with Gasteiger partial charge in [-0.25, -0.2) is 0 Å². The van der Waals surface area contributed by atoms with Gasteiger partial charge in [0.1, 0.15) is 11.6 Å². The van der Waals surface area contributed by atoms with Crippen LogP contribution in [0.1, 0.15) is 19.8 Å². The maximum absolute atomic E-state index is 12.3. The van der Waals surface area contributed by atoms with E-state index in [4.69, 9.17) is 23.2 Å². The van der Waals surface area contributed by atoms with E-state index in [1.165, 1.54) is 6.20 Å². The molecule has 0 aromatic heterocycles. The van der Waals surface area contributed by atoms with Gasteiger partial charge in [-0.15, -0.1) is 0 Å². The summed E-state index contributed by atoms with van der Waals surface area (Å²) in [6, 6.07) is 6.91. The molecule has 1 aliphatic rings. The largest absolute Gasteiger partial charge is 0.359 e. The number of rotatable bonds is 3. The number of carbonyl (C=O) groups is 1. The Kier molecular flexibility index (Phi) is 5.70. The molecule has 0 aliphatic carbocycles. The van der Waals surface area contributed by atoms with Crippen molar-refractivity contribution in [1.29, 1.82) is 5.26 Å². The maximum Gasteiger partial charge on any atom is 0.266 e. The number of nitrogens with one attached hydrogen (secondary N) is 1. The summed E-state index contributed by atoms with van der Waals surface area (Å²) in [6.07, 6.45) is 3.33. The smallest absolute Gasteiger partial charge is 0.266 e. The zero-order valence-electron chi connectivity index (χ0n) is 12.3. The summed E-state index contributed by atoms with van der Waals surface area (Å²) in [7, 11) is 0. The van der Waals surface area contributed by atoms with E-state index in [1.807, 2.05) is 6.07 Å². The molecule has 6 heteroatoms. The molecule has 1 fully saturated rings. The highest BCUT2D eigenvalue weighted by molar-refractivity contribution is 6.35. The van der Waals surface area contributed by atoms with Gasteiger partial charge < -0.3 is 10.2 Å². The van der Waals surface area contributed by atoms with Crippen molar-refractivity contribution in [1.82, 2.24) is 4.90 Å². The molecule has 1 heterocycles. The fourth-order valence-electron chi connectivity index (χ4n) is 2.28. The fourth-order valence-corrected chi connectivity index (χ4v) is 2.63. The molecular weight excluding hydrogens is 321 g/mol. The fraction of sp³-hybridized carbons (Fsp3) is 0.375. The van der Waals surface area contributed by atoms with Crippen LogP contribution in [-0.4, -0.2) is 23.9 Å². The van der Waals surface area contributed by atoms with E-state index in [0.717, 1.165) is 12.8 Å². The molecule has 1 aliphatic heterocycles. The topological polar surface area (TPSA) is 56.1 Å². The van der Waals surface area contributed by atoms with Gasteiger partial charge in [-0.3, -0.25) is 4.79 Å². The Morgan fingerprint density at radius 1 is 1.41 bits per heavy atom. The summed E-state index contributed by atoms with van der Waals surface area (Å²) in [4.78, 5) is 14.1. The van der Waals surface area contributed by atoms with E-state index < -0.39 is 0 Å². The Balaban J connectivity index is 2.09. The summed E-state index contributed by atoms with van der Waals surface area (Å²) in [5.74, 6) is 0.377. The number of hydrogen-bond donors (Lipinski definition) is 1. The summed E-state index contributed by atoms with van der Waals surface area (Å²) in [6.45, 7) is 3.56. The van der Waals surface area contributed by atoms with Gasteiger partial charge in [0, 0.05) is 24.3 Å². The van der Waals surface area contributed by atoms with Crippen LogP contribution in [-0.2, 0) is 4.79 Å². The van der Waals surface area contributed by atoms with Crippen LogP contribution in [0, 0.1) is 17.2 Å². The zero-order valence-corrected chi connectivity index (χ0v) is 13.8. The van der Waals surface area contributed by atoms with E-state index in [-0.39, 0.29) is 11.5 Å². The molecule has 22 heavy (non-hydrogen) atoms. The highest BCUT2D eigenvalue weighted by Crippen LogP contribution is 2.25. The van der Waals surface area contributed by atoms with Gasteiger partial charge in [0.15, 0.2) is 0 Å². The second-order valence-electron chi connectivity index (χ2n) is 5.41. The van der Waals surface area contributed by atoms with Crippen LogP contribution in [0.4, 0.5) is 5.69 Å². The van der Waals surface area contributed by atoms with Crippen LogP contribution < -0.4 is 5.32 Å². The van der Waals surface area contributed by atoms with Crippen LogP contribution in [0.3, 0.4) is 0 Å². The average Bonchev–Trinajstić information content (AvgIpc) is 2.51. The first-order valence-corrected chi connectivity index (χ1v) is 7.88. The quantitative estimate of drug-likeness (QED) is 0.668. The first-order chi connectivity index (χ1) is 10.5. The molecule has 0 unspecified atom stereocenters. The number of nitrogens with zero attached hydrogens (tertiary/aromatic N) is 2. The summed E-state index contributed by atoms with van der Waals surface area (Å²) < 4.78 is 0. The van der Waals surface area contributed by atoms with Crippen LogP contribution in [0.5, 0.6) is 0 Å². The molecule has 0 saturated carbocycles. The summed E-state index contributed by atoms with van der Waals surface area (Å²) >= 11 is 11.9. The summed E-state index contributed by atoms with van der Waals surface area (Å²) in [5, 5.41) is 13.1. The number of nitriles is 1. The van der Waals surface area contributed by atoms with Crippen molar-refractivity contribution >= 4 is 34.8 Å². The molecule has 1 N–H and O–H groups in total. The molecule has 1 aromatic carbocycles. The third kappa shape index (κ3) is 4.16. The molecule has 0 spiro atoms. The number of anilines is 1. The number of benzene rings is 1. The van der Waals surface area contributed by atoms with Gasteiger partial charge in [-0.05, 0) is 37.0 Å². The van der Waals surface area contributed by atoms with E-state index in [9.17, 15) is 10.1 Å². The predicted octanol–water partition coefficient (Wildman–Crippen LogP) is 4.07. The Hall–Kier alpha value is -1.70. The molecule has 0 bridgehead atoms. The lowest BCUT2D eigenvalue weighted by Gasteiger charge is -2.30. The van der Waals surface area contributed by atoms with Gasteiger partial charge in [0.25, 0.3) is 5.91 Å². The Morgan fingerprint density at radius 2 is 2.09 bits per heavy atom. The Labute approximate surface area is 140 Å². The van der Waals surface area contributed by atoms with E-state index in [1.54, 1.807) is 23.1 Å². The highest BCUT2D eigenvalue weighted by atomic mass is 35.5. The van der Waals surface area contributed by atoms with Crippen LogP contribution in [0.2, 0.25) is 10.0 Å². The van der Waals surface area contributed by atoms with Gasteiger partial charge in [-0.2, -0.15) is 5.26 Å². The first-order valence-electron chi connectivity index (χ1n) is 7.12. The minimum Gasteiger partial charge on any atom is -0.359 e. The van der Waals surface area contributed by atoms with Crippen molar-refractivity contribution < 1.29 is 4.79 Å². The number of likely N-dealkylation sites (tertiary alicyclic amines) is 1. The lowest BCUT2D eigenvalue weighted by Crippen LogP contribution is -2.38. The minimum atomic E-state index is -0.250. The van der Waals surface area contributed by atoms with Crippen molar-refractivity contribution in [2.24, 2.45) is 5.92 Å². The van der Waals surface area contributed by atoms with Crippen LogP contribution >= 0.6 is 23.2 Å². The minimum absolute atomic E-state index is 0.0607. The van der Waals surface area contributed by atoms with Crippen LogP contribution in [0.25, 0.3) is 0 Å². The monoisotopic (exact) mass is 337 g/mol. The van der Waals surface area contributed by atoms with Crippen molar-refractivity contribution in [3.8, 4) is 6.07 Å². The van der Waals surface area contributed by atoms with Gasteiger partial charge >= 0.3 is 0 Å². The van der Waals surface area contributed by atoms with Crippen molar-refractivity contribution in [3.63, 3.8) is 0 Å². The standard InChI is InChI=1S/C16H17Cl2N3O/c1-11-4-6-21(7-5-11)16(22)12(9-19)10-20-15-8-13(17)2-3-14(15)18/h2-3,8,10-11,20H,4-7H2,1H3/b12-10-. The molecular formula is C16H17Cl2N3O. The van der Waals surface area contributed by atoms with Gasteiger partial charge in [-0.1, -0.05) is 30.1 Å². The number of piperidine rings is 1. The van der Waals surface area contributed by atoms with Crippen molar-refractivity contribution in [2.45, 2.75) is 19.8 Å². The maximum atomic E-state index is 12.3. The predicted molar refractivity (Wildman–Crippen MR) is 88.8 cm³/mol. The van der Waals surface area contributed by atoms with E-state index in [0.29, 0.717) is 34.7 Å². The lowest BCUT2D eigenvalue weighted by atomic mass is 9.99. The molecule has 4 nitrogen and oxygen atoms in total. The van der Waals surface area contributed by atoms with Gasteiger partial charge in [0.05, 0.1) is 10.7 Å². The molecule has 1 saturated heterocycles. The number of hydrogen-bond acceptors (Lipinski definition) is 3. The average molecular weight is 338 g/mol. The SMILES string of the molecule is CC1CCN(C(=O)/C(C#N)=C\Nc2cc(Cl)ccc2Cl)CC1. The number of halogens is 2. The molecule has 2 rings (SSSR count). The van der Waals surface area contributed by atoms with Crippen LogP contribution in [0.15, 0.2) is 30.0 Å². The Bertz CT molecular complexity index is 629. The normalized spacial score (nSPS) is 16.3. The second kappa shape index (κ2) is 7.53. The number of carbonyl (C=O) groups excluding carboxylic acids is 1. The lowest BCUT2D eigenvalue weighted by molar-refractivity contribution is -0.128. The zero-order chi connectivity index (χ0) is 16.1. The third-order valence-electron chi connectivity index (χ3n) is 3.72. The molecule has 1 aromatic rings. The van der Waals surface area contributed by atoms with Crippen molar-refractivity contribution in [2.75, 3.05) is 18.4 Å². The van der Waals surface area contributed by atoms with E-state index >= 15 is 0 Å². The first kappa shape index (κ1) is 16.7. The Morgan fingerprint density at radius 3 is 2.73 bits per heavy atom. The third-order valence-corrected chi connectivity index (χ3v) is 4.29. The highest BCUT2D eigenvalue weighted by Gasteiger charge is 2.23. The molecule has 0 radical (unpaired) electrons. The second-order valence-corrected chi connectivity index (χ2v) is 6.26. The summed E-state index contributed by atoms with van der Waals surface area (Å²) in [5.41, 5.74) is 0.618.